The van der Waals surface area contributed by atoms with Crippen molar-refractivity contribution in [3.63, 3.8) is 0 Å². The Bertz CT molecular complexity index is 1620. The summed E-state index contributed by atoms with van der Waals surface area (Å²) in [6.45, 7) is 0. The molecule has 2 heterocycles. The van der Waals surface area contributed by atoms with Crippen molar-refractivity contribution in [2.24, 2.45) is 14.1 Å². The smallest absolute Gasteiger partial charge is 0.243 e. The number of nitrogens with one attached hydrogen (secondary N) is 1. The van der Waals surface area contributed by atoms with Gasteiger partial charge in [0.05, 0.1) is 27.6 Å². The zero-order chi connectivity index (χ0) is 22.6. The molecule has 0 aliphatic carbocycles. The summed E-state index contributed by atoms with van der Waals surface area (Å²) in [5, 5.41) is 0. The predicted molar refractivity (Wildman–Crippen MR) is 122 cm³/mol. The van der Waals surface area contributed by atoms with Crippen LogP contribution in [0.3, 0.4) is 0 Å². The average molecular weight is 450 g/mol. The monoisotopic (exact) mass is 449 g/mol. The number of para-hydroxylation sites is 4. The molecule has 0 amide bonds. The van der Waals surface area contributed by atoms with Crippen molar-refractivity contribution in [3.05, 3.63) is 66.5 Å². The lowest BCUT2D eigenvalue weighted by Crippen LogP contribution is -2.21. The highest BCUT2D eigenvalue weighted by molar-refractivity contribution is 7.89. The molecule has 32 heavy (non-hydrogen) atoms. The third kappa shape index (κ3) is 2.93. The van der Waals surface area contributed by atoms with Crippen LogP contribution in [0.1, 0.15) is 0 Å². The van der Waals surface area contributed by atoms with Gasteiger partial charge in [0.25, 0.3) is 0 Å². The largest absolute Gasteiger partial charge is 0.327 e. The van der Waals surface area contributed by atoms with Gasteiger partial charge in [0.15, 0.2) is 5.82 Å². The lowest BCUT2D eigenvalue weighted by atomic mass is 10.1. The van der Waals surface area contributed by atoms with Crippen LogP contribution >= 0.6 is 0 Å². The van der Waals surface area contributed by atoms with Gasteiger partial charge in [-0.25, -0.2) is 27.5 Å². The summed E-state index contributed by atoms with van der Waals surface area (Å²) in [7, 11) is 0.658. The molecule has 0 spiro atoms. The third-order valence-electron chi connectivity index (χ3n) is 5.69. The molecule has 0 aliphatic heterocycles. The van der Waals surface area contributed by atoms with Crippen LogP contribution in [0.25, 0.3) is 44.8 Å². The van der Waals surface area contributed by atoms with Crippen molar-refractivity contribution in [1.29, 1.82) is 0 Å². The van der Waals surface area contributed by atoms with Gasteiger partial charge < -0.3 is 9.13 Å². The highest BCUT2D eigenvalue weighted by atomic mass is 32.2. The van der Waals surface area contributed by atoms with Crippen molar-refractivity contribution < 1.29 is 12.8 Å². The van der Waals surface area contributed by atoms with Gasteiger partial charge in [-0.2, -0.15) is 0 Å². The van der Waals surface area contributed by atoms with Gasteiger partial charge in [0.1, 0.15) is 16.5 Å². The molecular formula is C23H20FN5O2S. The Morgan fingerprint density at radius 3 is 1.75 bits per heavy atom. The van der Waals surface area contributed by atoms with E-state index < -0.39 is 20.7 Å². The Labute approximate surface area is 184 Å². The van der Waals surface area contributed by atoms with E-state index in [9.17, 15) is 8.42 Å². The standard InChI is InChI=1S/C23H20FN5O2S/c1-25-32(30,31)21-15(23-27-17-9-5-7-11-19(17)29(23)3)13-12-14(20(21)24)22-26-16-8-4-6-10-18(16)28(22)2/h4-13,25H,1-3H3. The summed E-state index contributed by atoms with van der Waals surface area (Å²) in [5.41, 5.74) is 3.30. The summed E-state index contributed by atoms with van der Waals surface area (Å²) in [6, 6.07) is 18.0. The molecule has 0 unspecified atom stereocenters. The molecule has 0 fully saturated rings. The first-order chi connectivity index (χ1) is 15.3. The number of sulfonamides is 1. The zero-order valence-corrected chi connectivity index (χ0v) is 18.5. The van der Waals surface area contributed by atoms with Gasteiger partial charge >= 0.3 is 0 Å². The van der Waals surface area contributed by atoms with E-state index in [0.717, 1.165) is 11.0 Å². The average Bonchev–Trinajstić information content (AvgIpc) is 3.31. The minimum Gasteiger partial charge on any atom is -0.327 e. The molecule has 0 atom stereocenters. The number of nitrogens with zero attached hydrogens (tertiary/aromatic N) is 4. The van der Waals surface area contributed by atoms with Gasteiger partial charge in [0, 0.05) is 19.7 Å². The van der Waals surface area contributed by atoms with E-state index in [1.54, 1.807) is 35.4 Å². The predicted octanol–water partition coefficient (Wildman–Crippen LogP) is 3.84. The first-order valence-corrected chi connectivity index (χ1v) is 11.4. The molecule has 5 rings (SSSR count). The van der Waals surface area contributed by atoms with Crippen molar-refractivity contribution in [2.45, 2.75) is 4.90 Å². The maximum Gasteiger partial charge on any atom is 0.243 e. The van der Waals surface area contributed by atoms with Crippen LogP contribution in [-0.2, 0) is 24.1 Å². The van der Waals surface area contributed by atoms with Crippen LogP contribution in [0, 0.1) is 5.82 Å². The molecule has 5 aromatic rings. The number of halogens is 1. The fourth-order valence-corrected chi connectivity index (χ4v) is 5.04. The Kier molecular flexibility index (Phi) is 4.61. The molecule has 0 radical (unpaired) electrons. The Morgan fingerprint density at radius 2 is 1.25 bits per heavy atom. The minimum atomic E-state index is -4.15. The zero-order valence-electron chi connectivity index (χ0n) is 17.7. The number of aryl methyl sites for hydroxylation is 2. The van der Waals surface area contributed by atoms with Crippen LogP contribution < -0.4 is 4.72 Å². The van der Waals surface area contributed by atoms with E-state index in [1.165, 1.54) is 7.05 Å². The van der Waals surface area contributed by atoms with Gasteiger partial charge in [-0.3, -0.25) is 0 Å². The first-order valence-electron chi connectivity index (χ1n) is 9.93. The lowest BCUT2D eigenvalue weighted by Gasteiger charge is -2.14. The van der Waals surface area contributed by atoms with Crippen molar-refractivity contribution in [3.8, 4) is 22.8 Å². The normalized spacial score (nSPS) is 12.1. The van der Waals surface area contributed by atoms with E-state index in [2.05, 4.69) is 14.7 Å². The van der Waals surface area contributed by atoms with Crippen molar-refractivity contribution >= 4 is 32.1 Å². The molecule has 162 valence electrons. The fourth-order valence-electron chi connectivity index (χ4n) is 4.04. The molecule has 0 saturated heterocycles. The van der Waals surface area contributed by atoms with E-state index in [0.29, 0.717) is 22.7 Å². The quantitative estimate of drug-likeness (QED) is 0.452. The van der Waals surface area contributed by atoms with E-state index in [4.69, 9.17) is 0 Å². The number of hydrogen-bond donors (Lipinski definition) is 1. The van der Waals surface area contributed by atoms with Crippen LogP contribution in [0.2, 0.25) is 0 Å². The second-order valence-corrected chi connectivity index (χ2v) is 9.30. The molecule has 0 aliphatic rings. The second kappa shape index (κ2) is 7.25. The maximum absolute atomic E-state index is 16.0. The van der Waals surface area contributed by atoms with Crippen molar-refractivity contribution in [1.82, 2.24) is 23.8 Å². The van der Waals surface area contributed by atoms with Crippen LogP contribution in [0.4, 0.5) is 4.39 Å². The fraction of sp³-hybridized carbons (Fsp3) is 0.130. The number of benzene rings is 3. The van der Waals surface area contributed by atoms with E-state index >= 15 is 4.39 Å². The topological polar surface area (TPSA) is 81.8 Å². The number of fused-ring (bicyclic) bond motifs is 2. The highest BCUT2D eigenvalue weighted by Crippen LogP contribution is 2.36. The molecule has 7 nitrogen and oxygen atoms in total. The number of rotatable bonds is 4. The first kappa shape index (κ1) is 20.3. The molecular weight excluding hydrogens is 429 g/mol. The summed E-state index contributed by atoms with van der Waals surface area (Å²) < 4.78 is 47.7. The van der Waals surface area contributed by atoms with Crippen LogP contribution in [-0.4, -0.2) is 34.6 Å². The summed E-state index contributed by atoms with van der Waals surface area (Å²) >= 11 is 0. The molecule has 0 bridgehead atoms. The number of aromatic nitrogens is 4. The number of imidazole rings is 2. The van der Waals surface area contributed by atoms with Crippen molar-refractivity contribution in [2.75, 3.05) is 7.05 Å². The SMILES string of the molecule is CNS(=O)(=O)c1c(-c2nc3ccccc3n2C)ccc(-c2nc3ccccc3n2C)c1F. The summed E-state index contributed by atoms with van der Waals surface area (Å²) in [5.74, 6) is -0.175. The third-order valence-corrected chi connectivity index (χ3v) is 7.16. The number of hydrogen-bond acceptors (Lipinski definition) is 4. The van der Waals surface area contributed by atoms with Crippen LogP contribution in [0.5, 0.6) is 0 Å². The molecule has 3 aromatic carbocycles. The maximum atomic E-state index is 16.0. The lowest BCUT2D eigenvalue weighted by molar-refractivity contribution is 0.563. The molecule has 9 heteroatoms. The summed E-state index contributed by atoms with van der Waals surface area (Å²) in [6.07, 6.45) is 0. The highest BCUT2D eigenvalue weighted by Gasteiger charge is 2.29. The van der Waals surface area contributed by atoms with E-state index in [1.807, 2.05) is 48.5 Å². The van der Waals surface area contributed by atoms with Gasteiger partial charge in [-0.15, -0.1) is 0 Å². The van der Waals surface area contributed by atoms with Gasteiger partial charge in [-0.05, 0) is 43.4 Å². The molecule has 1 N–H and O–H groups in total. The Hall–Kier alpha value is -3.56. The van der Waals surface area contributed by atoms with Gasteiger partial charge in [-0.1, -0.05) is 24.3 Å². The summed E-state index contributed by atoms with van der Waals surface area (Å²) in [4.78, 5) is 8.65. The molecule has 0 saturated carbocycles. The van der Waals surface area contributed by atoms with Crippen LogP contribution in [0.15, 0.2) is 65.6 Å². The Morgan fingerprint density at radius 1 is 0.781 bits per heavy atom. The second-order valence-electron chi connectivity index (χ2n) is 7.48. The van der Waals surface area contributed by atoms with Gasteiger partial charge in [0.2, 0.25) is 10.0 Å². The molecule has 2 aromatic heterocycles. The minimum absolute atomic E-state index is 0.0973. The Balaban J connectivity index is 1.82. The van der Waals surface area contributed by atoms with E-state index in [-0.39, 0.29) is 11.1 Å².